The van der Waals surface area contributed by atoms with Gasteiger partial charge in [-0.3, -0.25) is 4.85 Å². The first kappa shape index (κ1) is 23.7. The van der Waals surface area contributed by atoms with Crippen LogP contribution in [-0.4, -0.2) is 13.3 Å². The maximum Gasteiger partial charge on any atom is 0.333 e. The third-order valence-corrected chi connectivity index (χ3v) is 7.77. The van der Waals surface area contributed by atoms with E-state index in [-0.39, 0.29) is 0 Å². The van der Waals surface area contributed by atoms with Crippen LogP contribution in [0.2, 0.25) is 0 Å². The molecular weight excluding hydrogens is 354 g/mol. The Kier molecular flexibility index (Phi) is 10.7. The fourth-order valence-corrected chi connectivity index (χ4v) is 5.39. The summed E-state index contributed by atoms with van der Waals surface area (Å²) >= 11 is 0. The molecule has 0 fully saturated rings. The zero-order chi connectivity index (χ0) is 20.2. The van der Waals surface area contributed by atoms with Crippen LogP contribution >= 0.6 is 0 Å². The zero-order valence-electron chi connectivity index (χ0n) is 17.5. The van der Waals surface area contributed by atoms with Crippen molar-refractivity contribution in [3.63, 3.8) is 0 Å². The molecule has 4 heteroatoms. The van der Waals surface area contributed by atoms with Gasteiger partial charge < -0.3 is 0 Å². The number of aryl methyl sites for hydroxylation is 1. The molecule has 0 radical (unpaired) electrons. The topological polar surface area (TPSA) is 38.5 Å². The highest BCUT2D eigenvalue weighted by molar-refractivity contribution is 7.93. The quantitative estimate of drug-likeness (QED) is 0.250. The Morgan fingerprint density at radius 2 is 1.26 bits per heavy atom. The normalized spacial score (nSPS) is 13.9. The molecule has 1 aromatic rings. The molecule has 0 aliphatic rings. The molecular formula is C23H37NO2S. The Balaban J connectivity index is 2.96. The maximum absolute atomic E-state index is 13.4. The van der Waals surface area contributed by atoms with Crippen LogP contribution in [-0.2, 0) is 9.84 Å². The minimum absolute atomic E-state index is 0.297. The summed E-state index contributed by atoms with van der Waals surface area (Å²) < 4.78 is 26.8. The first-order chi connectivity index (χ1) is 12.9. The van der Waals surface area contributed by atoms with Gasteiger partial charge in [-0.1, -0.05) is 82.9 Å². The third-order valence-electron chi connectivity index (χ3n) is 5.38. The van der Waals surface area contributed by atoms with Crippen molar-refractivity contribution in [2.45, 2.75) is 108 Å². The predicted octanol–water partition coefficient (Wildman–Crippen LogP) is 7.11. The van der Waals surface area contributed by atoms with Crippen LogP contribution in [0.4, 0.5) is 0 Å². The molecule has 0 spiro atoms. The zero-order valence-corrected chi connectivity index (χ0v) is 18.3. The largest absolute Gasteiger partial charge is 0.333 e. The summed E-state index contributed by atoms with van der Waals surface area (Å²) in [5, 5.41) is 0. The van der Waals surface area contributed by atoms with Crippen LogP contribution in [0.1, 0.15) is 96.5 Å². The summed E-state index contributed by atoms with van der Waals surface area (Å²) in [6.07, 6.45) is 11.5. The summed E-state index contributed by atoms with van der Waals surface area (Å²) in [6.45, 7) is 14.1. The smallest absolute Gasteiger partial charge is 0.293 e. The Morgan fingerprint density at radius 1 is 0.815 bits per heavy atom. The van der Waals surface area contributed by atoms with Crippen molar-refractivity contribution in [3.05, 3.63) is 41.2 Å². The van der Waals surface area contributed by atoms with Gasteiger partial charge in [-0.05, 0) is 31.9 Å². The number of rotatable bonds is 14. The molecule has 0 heterocycles. The van der Waals surface area contributed by atoms with Gasteiger partial charge in [0.05, 0.1) is 4.90 Å². The lowest BCUT2D eigenvalue weighted by Gasteiger charge is -2.22. The van der Waals surface area contributed by atoms with E-state index in [0.29, 0.717) is 17.7 Å². The molecule has 0 aliphatic carbocycles. The lowest BCUT2D eigenvalue weighted by molar-refractivity contribution is 0.462. The molecule has 1 aromatic carbocycles. The Morgan fingerprint density at radius 3 is 1.74 bits per heavy atom. The van der Waals surface area contributed by atoms with Gasteiger partial charge in [0, 0.05) is 12.8 Å². The number of hydrogen-bond donors (Lipinski definition) is 0. The fraction of sp³-hybridized carbons (Fsp3) is 0.696. The van der Waals surface area contributed by atoms with Gasteiger partial charge in [0.1, 0.15) is 0 Å². The van der Waals surface area contributed by atoms with E-state index in [1.807, 2.05) is 19.1 Å². The van der Waals surface area contributed by atoms with E-state index in [2.05, 4.69) is 18.7 Å². The van der Waals surface area contributed by atoms with Crippen molar-refractivity contribution in [1.29, 1.82) is 0 Å². The number of benzene rings is 1. The van der Waals surface area contributed by atoms with Crippen molar-refractivity contribution in [2.75, 3.05) is 0 Å². The van der Waals surface area contributed by atoms with Crippen LogP contribution in [0, 0.1) is 13.5 Å². The highest BCUT2D eigenvalue weighted by Gasteiger charge is 2.50. The minimum atomic E-state index is -3.67. The molecule has 0 N–H and O–H groups in total. The number of hydrogen-bond acceptors (Lipinski definition) is 2. The molecule has 1 unspecified atom stereocenters. The molecule has 1 atom stereocenters. The minimum Gasteiger partial charge on any atom is -0.293 e. The maximum atomic E-state index is 13.4. The van der Waals surface area contributed by atoms with Crippen LogP contribution in [0.15, 0.2) is 29.2 Å². The molecule has 0 bridgehead atoms. The van der Waals surface area contributed by atoms with Crippen molar-refractivity contribution in [3.8, 4) is 0 Å². The predicted molar refractivity (Wildman–Crippen MR) is 114 cm³/mol. The molecule has 0 aromatic heterocycles. The molecule has 0 saturated carbocycles. The monoisotopic (exact) mass is 391 g/mol. The fourth-order valence-electron chi connectivity index (χ4n) is 3.51. The summed E-state index contributed by atoms with van der Waals surface area (Å²) in [4.78, 5) is 2.78. The van der Waals surface area contributed by atoms with Gasteiger partial charge in [-0.25, -0.2) is 15.0 Å². The van der Waals surface area contributed by atoms with Crippen LogP contribution in [0.25, 0.3) is 4.85 Å². The number of nitrogens with zero attached hydrogens (tertiary/aromatic N) is 1. The van der Waals surface area contributed by atoms with Crippen LogP contribution in [0.3, 0.4) is 0 Å². The summed E-state index contributed by atoms with van der Waals surface area (Å²) in [6, 6.07) is 6.97. The first-order valence-corrected chi connectivity index (χ1v) is 12.1. The van der Waals surface area contributed by atoms with Crippen LogP contribution < -0.4 is 0 Å². The number of sulfone groups is 1. The first-order valence-electron chi connectivity index (χ1n) is 10.6. The lowest BCUT2D eigenvalue weighted by atomic mass is 10.0. The van der Waals surface area contributed by atoms with Gasteiger partial charge in [0.25, 0.3) is 9.84 Å². The van der Waals surface area contributed by atoms with Crippen molar-refractivity contribution >= 4 is 9.84 Å². The molecule has 3 nitrogen and oxygen atoms in total. The average molecular weight is 392 g/mol. The van der Waals surface area contributed by atoms with E-state index in [9.17, 15) is 8.42 Å². The van der Waals surface area contributed by atoms with Crippen molar-refractivity contribution < 1.29 is 8.42 Å². The Bertz CT molecular complexity index is 673. The van der Waals surface area contributed by atoms with E-state index >= 15 is 0 Å². The van der Waals surface area contributed by atoms with Crippen molar-refractivity contribution in [1.82, 2.24) is 0 Å². The molecule has 0 aliphatic heterocycles. The second-order valence-electron chi connectivity index (χ2n) is 7.70. The van der Waals surface area contributed by atoms with E-state index in [1.165, 1.54) is 19.3 Å². The molecule has 1 rings (SSSR count). The molecule has 0 saturated heterocycles. The second kappa shape index (κ2) is 12.2. The molecule has 0 amide bonds. The van der Waals surface area contributed by atoms with Gasteiger partial charge in [0.15, 0.2) is 0 Å². The van der Waals surface area contributed by atoms with E-state index in [1.54, 1.807) is 12.1 Å². The Hall–Kier alpha value is -1.34. The van der Waals surface area contributed by atoms with Crippen LogP contribution in [0.5, 0.6) is 0 Å². The second-order valence-corrected chi connectivity index (χ2v) is 9.94. The third kappa shape index (κ3) is 6.96. The summed E-state index contributed by atoms with van der Waals surface area (Å²) in [7, 11) is -3.67. The standard InChI is InChI=1S/C23H37NO2S/c1-5-7-9-11-12-14-20-23(24-4,19-13-10-8-6-2)27(25,26)22-17-15-21(3)16-18-22/h15-18H,5-14,19-20H2,1-3H3. The Labute approximate surface area is 167 Å². The number of unbranched alkanes of at least 4 members (excludes halogenated alkanes) is 8. The lowest BCUT2D eigenvalue weighted by Crippen LogP contribution is -2.35. The van der Waals surface area contributed by atoms with E-state index in [0.717, 1.165) is 50.5 Å². The highest BCUT2D eigenvalue weighted by atomic mass is 32.2. The van der Waals surface area contributed by atoms with Gasteiger partial charge in [0.2, 0.25) is 0 Å². The van der Waals surface area contributed by atoms with Gasteiger partial charge in [-0.2, -0.15) is 0 Å². The molecule has 27 heavy (non-hydrogen) atoms. The van der Waals surface area contributed by atoms with Crippen molar-refractivity contribution in [2.24, 2.45) is 0 Å². The summed E-state index contributed by atoms with van der Waals surface area (Å²) in [5.74, 6) is 0. The SMILES string of the molecule is [C-]#[N+]C(CCCCCC)(CCCCCCCC)S(=O)(=O)c1ccc(C)cc1. The van der Waals surface area contributed by atoms with Gasteiger partial charge in [-0.15, -0.1) is 0 Å². The average Bonchev–Trinajstić information content (AvgIpc) is 2.66. The van der Waals surface area contributed by atoms with E-state index < -0.39 is 14.7 Å². The van der Waals surface area contributed by atoms with E-state index in [4.69, 9.17) is 6.57 Å². The van der Waals surface area contributed by atoms with Gasteiger partial charge >= 0.3 is 4.87 Å². The highest BCUT2D eigenvalue weighted by Crippen LogP contribution is 2.37. The summed E-state index contributed by atoms with van der Waals surface area (Å²) in [5.41, 5.74) is 1.03. The molecule has 152 valence electrons.